The van der Waals surface area contributed by atoms with E-state index in [1.807, 2.05) is 18.2 Å². The van der Waals surface area contributed by atoms with Gasteiger partial charge in [-0.2, -0.15) is 0 Å². The van der Waals surface area contributed by atoms with Gasteiger partial charge >= 0.3 is 5.97 Å². The number of nitrogens with zero attached hydrogens (tertiary/aromatic N) is 3. The largest absolute Gasteiger partial charge is 0.476 e. The number of carboxylic acid groups (broad SMARTS) is 1. The summed E-state index contributed by atoms with van der Waals surface area (Å²) in [6, 6.07) is 7.38. The number of benzene rings is 1. The molecule has 0 aliphatic rings. The van der Waals surface area contributed by atoms with Crippen molar-refractivity contribution in [1.29, 1.82) is 0 Å². The van der Waals surface area contributed by atoms with Crippen LogP contribution in [0, 0.1) is 0 Å². The lowest BCUT2D eigenvalue weighted by Gasteiger charge is -2.19. The average Bonchev–Trinajstić information content (AvgIpc) is 2.38. The molecule has 98 valence electrons. The minimum Gasteiger partial charge on any atom is -0.476 e. The fourth-order valence-electron chi connectivity index (χ4n) is 1.74. The Hall–Kier alpha value is -2.14. The molecule has 1 aromatic carbocycles. The smallest absolute Gasteiger partial charge is 0.358 e. The molecular weight excluding hydrogens is 266 g/mol. The lowest BCUT2D eigenvalue weighted by molar-refractivity contribution is 0.0690. The zero-order valence-electron chi connectivity index (χ0n) is 10.2. The minimum atomic E-state index is -1.10. The number of carboxylic acids is 1. The third kappa shape index (κ3) is 3.20. The van der Waals surface area contributed by atoms with Crippen LogP contribution in [0.4, 0.5) is 5.82 Å². The summed E-state index contributed by atoms with van der Waals surface area (Å²) in [5, 5.41) is 9.72. The van der Waals surface area contributed by atoms with E-state index < -0.39 is 5.97 Å². The number of hydrogen-bond acceptors (Lipinski definition) is 4. The molecule has 2 aromatic rings. The van der Waals surface area contributed by atoms with E-state index in [2.05, 4.69) is 9.97 Å². The SMILES string of the molecule is CN(Cc1cccc(Cl)c1)c1nccnc1C(=O)O. The van der Waals surface area contributed by atoms with Crippen LogP contribution in [0.1, 0.15) is 16.1 Å². The van der Waals surface area contributed by atoms with Crippen LogP contribution in [0.25, 0.3) is 0 Å². The molecule has 0 aliphatic carbocycles. The Kier molecular flexibility index (Phi) is 3.97. The van der Waals surface area contributed by atoms with Gasteiger partial charge in [-0.25, -0.2) is 14.8 Å². The van der Waals surface area contributed by atoms with Crippen molar-refractivity contribution in [2.75, 3.05) is 11.9 Å². The molecule has 1 heterocycles. The minimum absolute atomic E-state index is 0.0629. The molecule has 0 radical (unpaired) electrons. The van der Waals surface area contributed by atoms with Gasteiger partial charge in [-0.1, -0.05) is 23.7 Å². The third-order valence-electron chi connectivity index (χ3n) is 2.55. The Morgan fingerprint density at radius 3 is 2.79 bits per heavy atom. The molecule has 0 fully saturated rings. The van der Waals surface area contributed by atoms with Crippen molar-refractivity contribution < 1.29 is 9.90 Å². The van der Waals surface area contributed by atoms with Crippen molar-refractivity contribution >= 4 is 23.4 Å². The maximum absolute atomic E-state index is 11.1. The zero-order chi connectivity index (χ0) is 13.8. The number of halogens is 1. The molecule has 0 spiro atoms. The van der Waals surface area contributed by atoms with E-state index >= 15 is 0 Å². The second-order valence-corrected chi connectivity index (χ2v) is 4.46. The van der Waals surface area contributed by atoms with E-state index in [1.54, 1.807) is 18.0 Å². The van der Waals surface area contributed by atoms with Crippen molar-refractivity contribution in [2.45, 2.75) is 6.54 Å². The van der Waals surface area contributed by atoms with E-state index in [1.165, 1.54) is 12.4 Å². The van der Waals surface area contributed by atoms with Gasteiger partial charge < -0.3 is 10.0 Å². The Morgan fingerprint density at radius 1 is 1.37 bits per heavy atom. The summed E-state index contributed by atoms with van der Waals surface area (Å²) in [7, 11) is 1.76. The summed E-state index contributed by atoms with van der Waals surface area (Å²) in [6.07, 6.45) is 2.83. The normalized spacial score (nSPS) is 10.2. The van der Waals surface area contributed by atoms with Crippen molar-refractivity contribution in [3.63, 3.8) is 0 Å². The van der Waals surface area contributed by atoms with E-state index in [0.717, 1.165) is 5.56 Å². The van der Waals surface area contributed by atoms with Crippen LogP contribution in [0.2, 0.25) is 5.02 Å². The number of carbonyl (C=O) groups is 1. The molecule has 0 unspecified atom stereocenters. The molecule has 0 atom stereocenters. The number of aromatic nitrogens is 2. The van der Waals surface area contributed by atoms with Gasteiger partial charge in [0.05, 0.1) is 0 Å². The third-order valence-corrected chi connectivity index (χ3v) is 2.79. The molecule has 19 heavy (non-hydrogen) atoms. The van der Waals surface area contributed by atoms with Gasteiger partial charge in [0.2, 0.25) is 0 Å². The highest BCUT2D eigenvalue weighted by molar-refractivity contribution is 6.30. The van der Waals surface area contributed by atoms with Gasteiger partial charge in [0.15, 0.2) is 11.5 Å². The van der Waals surface area contributed by atoms with Crippen LogP contribution in [0.3, 0.4) is 0 Å². The van der Waals surface area contributed by atoms with E-state index in [0.29, 0.717) is 17.4 Å². The quantitative estimate of drug-likeness (QED) is 0.930. The highest BCUT2D eigenvalue weighted by atomic mass is 35.5. The Bertz CT molecular complexity index is 604. The summed E-state index contributed by atoms with van der Waals surface area (Å²) in [5.74, 6) is -0.768. The molecule has 0 aliphatic heterocycles. The van der Waals surface area contributed by atoms with Crippen LogP contribution in [-0.4, -0.2) is 28.1 Å². The van der Waals surface area contributed by atoms with Crippen molar-refractivity contribution in [1.82, 2.24) is 9.97 Å². The molecule has 0 saturated carbocycles. The van der Waals surface area contributed by atoms with Gasteiger partial charge in [0, 0.05) is 31.0 Å². The van der Waals surface area contributed by atoms with Crippen LogP contribution in [-0.2, 0) is 6.54 Å². The van der Waals surface area contributed by atoms with Crippen LogP contribution in [0.5, 0.6) is 0 Å². The average molecular weight is 278 g/mol. The van der Waals surface area contributed by atoms with Gasteiger partial charge in [-0.3, -0.25) is 0 Å². The summed E-state index contributed by atoms with van der Waals surface area (Å²) in [6.45, 7) is 0.500. The van der Waals surface area contributed by atoms with Gasteiger partial charge in [-0.15, -0.1) is 0 Å². The Labute approximate surface area is 115 Å². The van der Waals surface area contributed by atoms with E-state index in [9.17, 15) is 4.79 Å². The van der Waals surface area contributed by atoms with E-state index in [4.69, 9.17) is 16.7 Å². The zero-order valence-corrected chi connectivity index (χ0v) is 11.0. The predicted octanol–water partition coefficient (Wildman–Crippen LogP) is 2.46. The number of hydrogen-bond donors (Lipinski definition) is 1. The first-order valence-electron chi connectivity index (χ1n) is 5.58. The molecule has 1 aromatic heterocycles. The first-order valence-corrected chi connectivity index (χ1v) is 5.95. The molecule has 2 rings (SSSR count). The maximum Gasteiger partial charge on any atom is 0.358 e. The van der Waals surface area contributed by atoms with E-state index in [-0.39, 0.29) is 5.69 Å². The molecule has 6 heteroatoms. The highest BCUT2D eigenvalue weighted by Crippen LogP contribution is 2.18. The second kappa shape index (κ2) is 5.67. The van der Waals surface area contributed by atoms with Crippen LogP contribution in [0.15, 0.2) is 36.7 Å². The first-order chi connectivity index (χ1) is 9.08. The first kappa shape index (κ1) is 13.3. The summed E-state index contributed by atoms with van der Waals surface area (Å²) < 4.78 is 0. The van der Waals surface area contributed by atoms with Crippen molar-refractivity contribution in [3.05, 3.63) is 52.9 Å². The Morgan fingerprint density at radius 2 is 2.11 bits per heavy atom. The molecule has 0 saturated heterocycles. The van der Waals surface area contributed by atoms with Gasteiger partial charge in [-0.05, 0) is 17.7 Å². The highest BCUT2D eigenvalue weighted by Gasteiger charge is 2.16. The summed E-state index contributed by atoms with van der Waals surface area (Å²) in [4.78, 5) is 20.7. The fraction of sp³-hybridized carbons (Fsp3) is 0.154. The summed E-state index contributed by atoms with van der Waals surface area (Å²) in [5.41, 5.74) is 0.906. The fourth-order valence-corrected chi connectivity index (χ4v) is 1.96. The van der Waals surface area contributed by atoms with Gasteiger partial charge in [0.1, 0.15) is 0 Å². The predicted molar refractivity (Wildman–Crippen MR) is 72.6 cm³/mol. The lowest BCUT2D eigenvalue weighted by atomic mass is 10.2. The Balaban J connectivity index is 2.25. The topological polar surface area (TPSA) is 66.3 Å². The monoisotopic (exact) mass is 277 g/mol. The van der Waals surface area contributed by atoms with Crippen molar-refractivity contribution in [2.24, 2.45) is 0 Å². The standard InChI is InChI=1S/C13H12ClN3O2/c1-17(8-9-3-2-4-10(14)7-9)12-11(13(18)19)15-5-6-16-12/h2-7H,8H2,1H3,(H,18,19). The molecule has 0 bridgehead atoms. The van der Waals surface area contributed by atoms with Crippen LogP contribution >= 0.6 is 11.6 Å². The maximum atomic E-state index is 11.1. The van der Waals surface area contributed by atoms with Crippen molar-refractivity contribution in [3.8, 4) is 0 Å². The second-order valence-electron chi connectivity index (χ2n) is 4.02. The number of aromatic carboxylic acids is 1. The number of anilines is 1. The molecular formula is C13H12ClN3O2. The van der Waals surface area contributed by atoms with Gasteiger partial charge in [0.25, 0.3) is 0 Å². The lowest BCUT2D eigenvalue weighted by Crippen LogP contribution is -2.21. The molecule has 0 amide bonds. The summed E-state index contributed by atoms with van der Waals surface area (Å²) >= 11 is 5.92. The number of rotatable bonds is 4. The molecule has 1 N–H and O–H groups in total. The van der Waals surface area contributed by atoms with Crippen LogP contribution < -0.4 is 4.90 Å². The molecule has 5 nitrogen and oxygen atoms in total.